The molecule has 0 saturated heterocycles. The van der Waals surface area contributed by atoms with Crippen LogP contribution < -0.4 is 0 Å². The maximum absolute atomic E-state index is 10.6. The number of fused-ring (bicyclic) bond motifs is 1. The molecule has 0 saturated carbocycles. The fourth-order valence-corrected chi connectivity index (χ4v) is 10.4. The normalized spacial score (nSPS) is 10.6. The van der Waals surface area contributed by atoms with Gasteiger partial charge in [0, 0.05) is 61.8 Å². The van der Waals surface area contributed by atoms with Gasteiger partial charge >= 0.3 is 206 Å². The minimum atomic E-state index is 0.125. The summed E-state index contributed by atoms with van der Waals surface area (Å²) in [5, 5.41) is 53.0. The van der Waals surface area contributed by atoms with Gasteiger partial charge < -0.3 is 25.5 Å². The molecule has 0 amide bonds. The van der Waals surface area contributed by atoms with Crippen molar-refractivity contribution >= 4 is 199 Å². The standard InChI is InChI=1S/C20H17NO.C19H15NO.C18H15NO.2C15H15NO.10BrH.5Ti/c1-15(21-17-11-6-3-7-12-17)18-13-8-14-19(20(18)22)16-9-4-2-5-10-16;21-18-14-8-7-13-17(18)19(15-9-3-1-4-10-15)20-16-11-5-2-6-12-16;1-13(19-15-8-3-2-4-9-15)18-16-10-6-5-7-14(16)11-12-17(18)20;2*1-11-7-6-10-14(15(11)17)12(2)16-13-8-4-3-5-9-13;;;;;;;;;;;;;;;/h2-14,22H,1H3;1-14,21H;2-12,20H,1H3;2*3-10,17H,1-2H3;10*1H;;;;;/q;;;;;;;;;;;;;;;5*+2/p-10. The van der Waals surface area contributed by atoms with Crippen LogP contribution in [0.4, 0.5) is 28.4 Å². The first-order chi connectivity index (χ1) is 54.3. The third kappa shape index (κ3) is 37.2. The SMILES string of the molecule is CC(=Nc1ccccc1)c1c(O)ccc2ccccc12.CC(=Nc1ccccc1)c1cccc(-c2ccccc2)c1O.CC(=Nc1ccccc1)c1cccc(C)c1O.CC(=Nc1ccccc1)c1cccc(C)c1O.Oc1ccccc1C(=Nc1ccccc1)c1ccccc1.[Br][Ti][Br].[Br][Ti][Br].[Br][Ti][Br].[Br][Ti][Br].[Br][Ti][Br]. The molecule has 0 unspecified atom stereocenters. The Morgan fingerprint density at radius 1 is 0.259 bits per heavy atom. The van der Waals surface area contributed by atoms with E-state index < -0.39 is 0 Å². The van der Waals surface area contributed by atoms with Gasteiger partial charge in [0.15, 0.2) is 0 Å². The van der Waals surface area contributed by atoms with Gasteiger partial charge in [0.25, 0.3) is 0 Å². The molecule has 0 heterocycles. The number of halogens is 10. The summed E-state index contributed by atoms with van der Waals surface area (Å²) < 4.78 is 0. The molecule has 112 heavy (non-hydrogen) atoms. The monoisotopic (exact) mass is 2300 g/mol. The van der Waals surface area contributed by atoms with Crippen molar-refractivity contribution in [3.05, 3.63) is 372 Å². The Labute approximate surface area is 766 Å². The molecular weight excluding hydrogens is 2230 g/mol. The van der Waals surface area contributed by atoms with Crippen molar-refractivity contribution in [1.29, 1.82) is 0 Å². The third-order valence-corrected chi connectivity index (χ3v) is 15.5. The molecule has 0 bridgehead atoms. The van der Waals surface area contributed by atoms with Crippen LogP contribution in [-0.4, -0.2) is 54.1 Å². The summed E-state index contributed by atoms with van der Waals surface area (Å²) in [6.45, 7) is 11.4. The molecule has 0 fully saturated rings. The average molecular weight is 2310 g/mol. The first-order valence-electron chi connectivity index (χ1n) is 33.7. The van der Waals surface area contributed by atoms with E-state index in [1.54, 1.807) is 12.1 Å². The number of nitrogens with zero attached hydrogens (tertiary/aromatic N) is 5. The zero-order valence-corrected chi connectivity index (χ0v) is 85.1. The fourth-order valence-electron chi connectivity index (χ4n) is 10.4. The van der Waals surface area contributed by atoms with Gasteiger partial charge in [0.2, 0.25) is 0 Å². The molecule has 25 heteroatoms. The van der Waals surface area contributed by atoms with Crippen LogP contribution in [0.25, 0.3) is 21.9 Å². The first kappa shape index (κ1) is 100. The molecule has 0 aliphatic carbocycles. The molecule has 13 rings (SSSR count). The van der Waals surface area contributed by atoms with Crippen LogP contribution in [-0.2, 0) is 74.8 Å². The van der Waals surface area contributed by atoms with Gasteiger partial charge in [-0.25, -0.2) is 4.99 Å². The Morgan fingerprint density at radius 2 is 0.554 bits per heavy atom. The molecule has 570 valence electrons. The van der Waals surface area contributed by atoms with Crippen LogP contribution in [0.15, 0.2) is 353 Å². The van der Waals surface area contributed by atoms with Crippen LogP contribution in [0.3, 0.4) is 0 Å². The maximum atomic E-state index is 10.6. The second-order valence-corrected chi connectivity index (χ2v) is 62.3. The van der Waals surface area contributed by atoms with Gasteiger partial charge in [-0.2, -0.15) is 0 Å². The third-order valence-electron chi connectivity index (χ3n) is 15.5. The Bertz CT molecular complexity index is 4890. The summed E-state index contributed by atoms with van der Waals surface area (Å²) in [7, 11) is 0. The number of aliphatic imine (C=N–C) groups is 5. The van der Waals surface area contributed by atoms with Gasteiger partial charge in [0.05, 0.1) is 34.1 Å². The number of hydrogen-bond acceptors (Lipinski definition) is 10. The summed E-state index contributed by atoms with van der Waals surface area (Å²) in [5.41, 5.74) is 16.8. The van der Waals surface area contributed by atoms with Gasteiger partial charge in [-0.3, -0.25) is 20.0 Å². The van der Waals surface area contributed by atoms with E-state index in [1.165, 1.54) is 0 Å². The number of hydrogen-bond donors (Lipinski definition) is 5. The van der Waals surface area contributed by atoms with Crippen LogP contribution >= 0.6 is 132 Å². The summed E-state index contributed by atoms with van der Waals surface area (Å²) in [5.74, 6) is 1.39. The molecule has 0 aliphatic heterocycles. The van der Waals surface area contributed by atoms with Crippen molar-refractivity contribution in [3.8, 4) is 39.9 Å². The van der Waals surface area contributed by atoms with E-state index in [1.807, 2.05) is 357 Å². The molecule has 0 aromatic heterocycles. The number of benzene rings is 13. The van der Waals surface area contributed by atoms with E-state index in [9.17, 15) is 25.5 Å². The second kappa shape index (κ2) is 60.3. The molecule has 13 aromatic carbocycles. The van der Waals surface area contributed by atoms with Gasteiger partial charge in [-0.15, -0.1) is 0 Å². The predicted molar refractivity (Wildman–Crippen MR) is 494 cm³/mol. The van der Waals surface area contributed by atoms with E-state index in [0.29, 0.717) is 11.5 Å². The molecule has 0 radical (unpaired) electrons. The number of phenolic OH excluding ortho intramolecular Hbond substituents is 5. The van der Waals surface area contributed by atoms with E-state index in [-0.39, 0.29) is 92.1 Å². The van der Waals surface area contributed by atoms with Crippen LogP contribution in [0.1, 0.15) is 72.2 Å². The Kier molecular flexibility index (Phi) is 54.0. The summed E-state index contributed by atoms with van der Waals surface area (Å²) in [6.07, 6.45) is 0. The summed E-state index contributed by atoms with van der Waals surface area (Å²) >= 11 is 32.5. The van der Waals surface area contributed by atoms with Crippen LogP contribution in [0.2, 0.25) is 0 Å². The van der Waals surface area contributed by atoms with Gasteiger partial charge in [0.1, 0.15) is 28.7 Å². The molecular formula is C87H77Br10N5O5Ti5. The fraction of sp³-hybridized carbons (Fsp3) is 0.0690. The van der Waals surface area contributed by atoms with Crippen molar-refractivity contribution in [1.82, 2.24) is 0 Å². The Hall–Kier alpha value is -4.16. The number of aromatic hydroxyl groups is 5. The molecule has 10 nitrogen and oxygen atoms in total. The van der Waals surface area contributed by atoms with Crippen molar-refractivity contribution in [2.75, 3.05) is 0 Å². The molecule has 0 spiro atoms. The molecule has 13 aromatic rings. The quantitative estimate of drug-likeness (QED) is 0.0607. The number of para-hydroxylation sites is 9. The first-order valence-corrected chi connectivity index (χ1v) is 72.3. The van der Waals surface area contributed by atoms with E-state index >= 15 is 0 Å². The number of rotatable bonds is 12. The van der Waals surface area contributed by atoms with Gasteiger partial charge in [-0.1, -0.05) is 231 Å². The second-order valence-electron chi connectivity index (χ2n) is 22.9. The Balaban J connectivity index is 0.000000283. The van der Waals surface area contributed by atoms with Crippen LogP contribution in [0, 0.1) is 13.8 Å². The van der Waals surface area contributed by atoms with Crippen molar-refractivity contribution in [2.24, 2.45) is 25.0 Å². The molecule has 0 aliphatic rings. The zero-order valence-electron chi connectivity index (χ0n) is 61.4. The van der Waals surface area contributed by atoms with Crippen LogP contribution in [0.5, 0.6) is 28.7 Å². The Morgan fingerprint density at radius 3 is 0.938 bits per heavy atom. The van der Waals surface area contributed by atoms with Crippen molar-refractivity contribution < 1.29 is 100 Å². The van der Waals surface area contributed by atoms with Crippen molar-refractivity contribution in [3.63, 3.8) is 0 Å². The van der Waals surface area contributed by atoms with Crippen molar-refractivity contribution in [2.45, 2.75) is 41.5 Å². The predicted octanol–water partition coefficient (Wildman–Crippen LogP) is 30.6. The summed E-state index contributed by atoms with van der Waals surface area (Å²) in [4.78, 5) is 22.9. The van der Waals surface area contributed by atoms with E-state index in [0.717, 1.165) is 123 Å². The molecule has 0 atom stereocenters. The average Bonchev–Trinajstić information content (AvgIpc) is 0.803. The van der Waals surface area contributed by atoms with E-state index in [4.69, 9.17) is 4.99 Å². The number of phenols is 5. The summed E-state index contributed by atoms with van der Waals surface area (Å²) in [6, 6.07) is 105. The topological polar surface area (TPSA) is 163 Å². The van der Waals surface area contributed by atoms with E-state index in [2.05, 4.69) is 152 Å². The minimum absolute atomic E-state index is 0.125. The zero-order chi connectivity index (χ0) is 81.8. The van der Waals surface area contributed by atoms with Gasteiger partial charge in [-0.05, 0) is 166 Å². The molecule has 5 N–H and O–H groups in total. The number of aryl methyl sites for hydroxylation is 2.